The third-order valence-corrected chi connectivity index (χ3v) is 4.59. The fraction of sp³-hybridized carbons (Fsp3) is 0.533. The minimum absolute atomic E-state index is 0.0140. The quantitative estimate of drug-likeness (QED) is 0.783. The molecule has 1 N–H and O–H groups in total. The predicted octanol–water partition coefficient (Wildman–Crippen LogP) is 1.38. The normalized spacial score (nSPS) is 14.5. The van der Waals surface area contributed by atoms with Crippen LogP contribution in [-0.2, 0) is 14.8 Å². The summed E-state index contributed by atoms with van der Waals surface area (Å²) < 4.78 is 30.5. The second kappa shape index (κ2) is 7.00. The second-order valence-corrected chi connectivity index (χ2v) is 7.23. The van der Waals surface area contributed by atoms with E-state index in [-0.39, 0.29) is 18.4 Å². The monoisotopic (exact) mass is 326 g/mol. The molecule has 1 saturated carbocycles. The summed E-state index contributed by atoms with van der Waals surface area (Å²) in [6.07, 6.45) is 3.02. The van der Waals surface area contributed by atoms with Gasteiger partial charge in [-0.25, -0.2) is 8.42 Å². The van der Waals surface area contributed by atoms with E-state index in [0.29, 0.717) is 24.6 Å². The Kier molecular flexibility index (Phi) is 5.28. The van der Waals surface area contributed by atoms with Gasteiger partial charge in [-0.15, -0.1) is 0 Å². The largest absolute Gasteiger partial charge is 0.494 e. The van der Waals surface area contributed by atoms with Crippen LogP contribution in [0.4, 0.5) is 5.69 Å². The van der Waals surface area contributed by atoms with Gasteiger partial charge in [-0.05, 0) is 44.0 Å². The number of ether oxygens (including phenoxy) is 1. The third kappa shape index (κ3) is 4.62. The second-order valence-electron chi connectivity index (χ2n) is 5.33. The van der Waals surface area contributed by atoms with E-state index in [9.17, 15) is 13.2 Å². The maximum absolute atomic E-state index is 11.9. The van der Waals surface area contributed by atoms with Crippen LogP contribution in [0, 0.1) is 5.92 Å². The Hall–Kier alpha value is -1.76. The first-order valence-corrected chi connectivity index (χ1v) is 9.25. The lowest BCUT2D eigenvalue weighted by Gasteiger charge is -2.22. The van der Waals surface area contributed by atoms with Crippen molar-refractivity contribution in [3.05, 3.63) is 24.3 Å². The maximum atomic E-state index is 11.9. The molecule has 1 aliphatic carbocycles. The van der Waals surface area contributed by atoms with Crippen LogP contribution in [0.15, 0.2) is 24.3 Å². The number of hydrogen-bond acceptors (Lipinski definition) is 4. The molecule has 1 aromatic rings. The Morgan fingerprint density at radius 2 is 1.95 bits per heavy atom. The van der Waals surface area contributed by atoms with Crippen molar-refractivity contribution in [3.63, 3.8) is 0 Å². The number of anilines is 1. The van der Waals surface area contributed by atoms with E-state index in [4.69, 9.17) is 4.74 Å². The van der Waals surface area contributed by atoms with Crippen LogP contribution in [-0.4, -0.2) is 40.3 Å². The summed E-state index contributed by atoms with van der Waals surface area (Å²) in [6.45, 7) is 2.96. The number of nitrogens with one attached hydrogen (secondary N) is 1. The standard InChI is InChI=1S/C15H22N2O4S/c1-3-21-14-8-6-13(7-9-14)17(22(2,19)20)11-10-16-15(18)12-4-5-12/h6-9,12H,3-5,10-11H2,1-2H3,(H,16,18). The molecule has 1 aliphatic rings. The molecule has 1 amide bonds. The summed E-state index contributed by atoms with van der Waals surface area (Å²) in [5.41, 5.74) is 0.562. The fourth-order valence-electron chi connectivity index (χ4n) is 2.13. The molecule has 1 aromatic carbocycles. The summed E-state index contributed by atoms with van der Waals surface area (Å²) in [5.74, 6) is 0.832. The lowest BCUT2D eigenvalue weighted by Crippen LogP contribution is -2.38. The van der Waals surface area contributed by atoms with Crippen LogP contribution in [0.25, 0.3) is 0 Å². The molecule has 0 bridgehead atoms. The number of sulfonamides is 1. The molecule has 0 unspecified atom stereocenters. The van der Waals surface area contributed by atoms with Crippen molar-refractivity contribution in [2.24, 2.45) is 5.92 Å². The average Bonchev–Trinajstić information content (AvgIpc) is 3.28. The lowest BCUT2D eigenvalue weighted by atomic mass is 10.3. The fourth-order valence-corrected chi connectivity index (χ4v) is 3.06. The summed E-state index contributed by atoms with van der Waals surface area (Å²) in [4.78, 5) is 11.6. The molecule has 0 spiro atoms. The molecule has 0 radical (unpaired) electrons. The summed E-state index contributed by atoms with van der Waals surface area (Å²) >= 11 is 0. The van der Waals surface area contributed by atoms with Gasteiger partial charge in [-0.2, -0.15) is 0 Å². The Balaban J connectivity index is 2.00. The molecule has 122 valence electrons. The number of carbonyl (C=O) groups is 1. The van der Waals surface area contributed by atoms with Gasteiger partial charge in [0.25, 0.3) is 0 Å². The van der Waals surface area contributed by atoms with Gasteiger partial charge in [0.05, 0.1) is 25.1 Å². The Bertz CT molecular complexity index is 609. The van der Waals surface area contributed by atoms with Gasteiger partial charge in [-0.3, -0.25) is 9.10 Å². The van der Waals surface area contributed by atoms with E-state index in [2.05, 4.69) is 5.32 Å². The van der Waals surface area contributed by atoms with E-state index in [0.717, 1.165) is 19.1 Å². The molecule has 0 aromatic heterocycles. The molecule has 0 saturated heterocycles. The minimum atomic E-state index is -3.40. The molecule has 22 heavy (non-hydrogen) atoms. The van der Waals surface area contributed by atoms with Crippen LogP contribution in [0.5, 0.6) is 5.75 Å². The minimum Gasteiger partial charge on any atom is -0.494 e. The first-order chi connectivity index (χ1) is 10.4. The first kappa shape index (κ1) is 16.6. The van der Waals surface area contributed by atoms with Gasteiger partial charge < -0.3 is 10.1 Å². The van der Waals surface area contributed by atoms with Crippen LogP contribution in [0.1, 0.15) is 19.8 Å². The summed E-state index contributed by atoms with van der Waals surface area (Å²) in [6, 6.07) is 6.88. The van der Waals surface area contributed by atoms with Gasteiger partial charge in [-0.1, -0.05) is 0 Å². The van der Waals surface area contributed by atoms with Crippen molar-refractivity contribution < 1.29 is 17.9 Å². The average molecular weight is 326 g/mol. The molecule has 2 rings (SSSR count). The molecule has 1 fully saturated rings. The highest BCUT2D eigenvalue weighted by molar-refractivity contribution is 7.92. The topological polar surface area (TPSA) is 75.7 Å². The zero-order valence-corrected chi connectivity index (χ0v) is 13.7. The zero-order valence-electron chi connectivity index (χ0n) is 12.9. The first-order valence-electron chi connectivity index (χ1n) is 7.40. The number of hydrogen-bond donors (Lipinski definition) is 1. The molecular formula is C15H22N2O4S. The van der Waals surface area contributed by atoms with Crippen molar-refractivity contribution >= 4 is 21.6 Å². The van der Waals surface area contributed by atoms with Gasteiger partial charge in [0.15, 0.2) is 0 Å². The van der Waals surface area contributed by atoms with Crippen molar-refractivity contribution in [1.29, 1.82) is 0 Å². The van der Waals surface area contributed by atoms with Crippen LogP contribution in [0.2, 0.25) is 0 Å². The highest BCUT2D eigenvalue weighted by atomic mass is 32.2. The predicted molar refractivity (Wildman–Crippen MR) is 85.5 cm³/mol. The molecule has 6 nitrogen and oxygen atoms in total. The van der Waals surface area contributed by atoms with Crippen molar-refractivity contribution in [3.8, 4) is 5.75 Å². The van der Waals surface area contributed by atoms with E-state index < -0.39 is 10.0 Å². The van der Waals surface area contributed by atoms with Crippen molar-refractivity contribution in [1.82, 2.24) is 5.32 Å². The van der Waals surface area contributed by atoms with Crippen molar-refractivity contribution in [2.45, 2.75) is 19.8 Å². The number of rotatable bonds is 8. The Morgan fingerprint density at radius 3 is 2.45 bits per heavy atom. The van der Waals surface area contributed by atoms with Gasteiger partial charge >= 0.3 is 0 Å². The number of benzene rings is 1. The highest BCUT2D eigenvalue weighted by Crippen LogP contribution is 2.28. The van der Waals surface area contributed by atoms with E-state index in [1.54, 1.807) is 24.3 Å². The molecule has 7 heteroatoms. The van der Waals surface area contributed by atoms with E-state index >= 15 is 0 Å². The zero-order chi connectivity index (χ0) is 16.2. The smallest absolute Gasteiger partial charge is 0.232 e. The molecule has 0 aliphatic heterocycles. The van der Waals surface area contributed by atoms with Gasteiger partial charge in [0, 0.05) is 12.5 Å². The molecular weight excluding hydrogens is 304 g/mol. The Labute approximate surface area is 131 Å². The van der Waals surface area contributed by atoms with E-state index in [1.807, 2.05) is 6.92 Å². The maximum Gasteiger partial charge on any atom is 0.232 e. The Morgan fingerprint density at radius 1 is 1.32 bits per heavy atom. The molecule has 0 atom stereocenters. The van der Waals surface area contributed by atoms with Crippen LogP contribution >= 0.6 is 0 Å². The number of carbonyl (C=O) groups excluding carboxylic acids is 1. The van der Waals surface area contributed by atoms with Crippen LogP contribution < -0.4 is 14.4 Å². The summed E-state index contributed by atoms with van der Waals surface area (Å²) in [7, 11) is -3.40. The summed E-state index contributed by atoms with van der Waals surface area (Å²) in [5, 5.41) is 2.78. The van der Waals surface area contributed by atoms with Gasteiger partial charge in [0.2, 0.25) is 15.9 Å². The van der Waals surface area contributed by atoms with Gasteiger partial charge in [0.1, 0.15) is 5.75 Å². The van der Waals surface area contributed by atoms with E-state index in [1.165, 1.54) is 4.31 Å². The highest BCUT2D eigenvalue weighted by Gasteiger charge is 2.29. The molecule has 0 heterocycles. The van der Waals surface area contributed by atoms with Crippen molar-refractivity contribution in [2.75, 3.05) is 30.3 Å². The van der Waals surface area contributed by atoms with Crippen LogP contribution in [0.3, 0.4) is 0 Å². The number of amides is 1. The number of nitrogens with zero attached hydrogens (tertiary/aromatic N) is 1. The lowest BCUT2D eigenvalue weighted by molar-refractivity contribution is -0.122. The third-order valence-electron chi connectivity index (χ3n) is 3.40. The SMILES string of the molecule is CCOc1ccc(N(CCNC(=O)C2CC2)S(C)(=O)=O)cc1.